The lowest BCUT2D eigenvalue weighted by Gasteiger charge is -2.04. The van der Waals surface area contributed by atoms with E-state index in [1.807, 2.05) is 0 Å². The van der Waals surface area contributed by atoms with Crippen molar-refractivity contribution in [3.8, 4) is 5.75 Å². The van der Waals surface area contributed by atoms with Gasteiger partial charge in [-0.2, -0.15) is 5.10 Å². The monoisotopic (exact) mass is 417 g/mol. The standard InChI is InChI=1S/C19H19N3O6S/c1-27-19(24)11-28-17-8-4-14(5-9-17)10-20-21-18(23)13-29-12-15-2-6-16(7-3-15)22(25)26/h2-10H,11-13H2,1H3,(H,21,23). The molecular weight excluding hydrogens is 398 g/mol. The van der Waals surface area contributed by atoms with Crippen LogP contribution in [0.5, 0.6) is 5.75 Å². The molecule has 0 aromatic heterocycles. The highest BCUT2D eigenvalue weighted by Crippen LogP contribution is 2.16. The molecule has 0 spiro atoms. The minimum atomic E-state index is -0.468. The fraction of sp³-hybridized carbons (Fsp3) is 0.211. The first-order valence-corrected chi connectivity index (χ1v) is 9.56. The lowest BCUT2D eigenvalue weighted by atomic mass is 10.2. The number of nitro benzene ring substituents is 1. The van der Waals surface area contributed by atoms with E-state index in [1.54, 1.807) is 36.4 Å². The quantitative estimate of drug-likeness (QED) is 0.273. The van der Waals surface area contributed by atoms with Crippen molar-refractivity contribution in [1.82, 2.24) is 5.43 Å². The largest absolute Gasteiger partial charge is 0.482 e. The summed E-state index contributed by atoms with van der Waals surface area (Å²) >= 11 is 1.38. The molecule has 0 fully saturated rings. The van der Waals surface area contributed by atoms with Crippen molar-refractivity contribution in [3.05, 3.63) is 69.8 Å². The first-order chi connectivity index (χ1) is 14.0. The van der Waals surface area contributed by atoms with Crippen LogP contribution in [0, 0.1) is 10.1 Å². The molecule has 1 N–H and O–H groups in total. The topological polar surface area (TPSA) is 120 Å². The molecule has 29 heavy (non-hydrogen) atoms. The second-order valence-corrected chi connectivity index (χ2v) is 6.63. The van der Waals surface area contributed by atoms with Gasteiger partial charge in [0.15, 0.2) is 6.61 Å². The van der Waals surface area contributed by atoms with Crippen LogP contribution < -0.4 is 10.2 Å². The van der Waals surface area contributed by atoms with E-state index in [0.717, 1.165) is 11.1 Å². The zero-order chi connectivity index (χ0) is 21.1. The molecule has 0 radical (unpaired) electrons. The molecule has 0 saturated carbocycles. The number of nitro groups is 1. The second kappa shape index (κ2) is 11.4. The second-order valence-electron chi connectivity index (χ2n) is 5.64. The number of amides is 1. The predicted octanol–water partition coefficient (Wildman–Crippen LogP) is 2.53. The number of rotatable bonds is 10. The average molecular weight is 417 g/mol. The number of thioether (sulfide) groups is 1. The van der Waals surface area contributed by atoms with E-state index in [2.05, 4.69) is 15.3 Å². The number of ether oxygens (including phenoxy) is 2. The highest BCUT2D eigenvalue weighted by molar-refractivity contribution is 7.99. The third kappa shape index (κ3) is 8.01. The van der Waals surface area contributed by atoms with Gasteiger partial charge in [-0.3, -0.25) is 14.9 Å². The van der Waals surface area contributed by atoms with Gasteiger partial charge in [-0.15, -0.1) is 11.8 Å². The van der Waals surface area contributed by atoms with Crippen LogP contribution in [-0.2, 0) is 20.1 Å². The minimum absolute atomic E-state index is 0.0360. The summed E-state index contributed by atoms with van der Waals surface area (Å²) in [5.41, 5.74) is 4.11. The van der Waals surface area contributed by atoms with E-state index in [9.17, 15) is 19.7 Å². The lowest BCUT2D eigenvalue weighted by Crippen LogP contribution is -2.19. The molecule has 0 aliphatic rings. The van der Waals surface area contributed by atoms with E-state index < -0.39 is 10.9 Å². The molecule has 2 aromatic carbocycles. The van der Waals surface area contributed by atoms with Crippen LogP contribution in [0.1, 0.15) is 11.1 Å². The lowest BCUT2D eigenvalue weighted by molar-refractivity contribution is -0.384. The molecule has 0 atom stereocenters. The molecule has 0 aliphatic heterocycles. The highest BCUT2D eigenvalue weighted by atomic mass is 32.2. The van der Waals surface area contributed by atoms with Gasteiger partial charge in [0.05, 0.1) is 24.0 Å². The van der Waals surface area contributed by atoms with E-state index >= 15 is 0 Å². The zero-order valence-electron chi connectivity index (χ0n) is 15.6. The molecule has 152 valence electrons. The van der Waals surface area contributed by atoms with Gasteiger partial charge in [-0.1, -0.05) is 12.1 Å². The minimum Gasteiger partial charge on any atom is -0.482 e. The van der Waals surface area contributed by atoms with E-state index in [0.29, 0.717) is 11.5 Å². The summed E-state index contributed by atoms with van der Waals surface area (Å²) in [7, 11) is 1.29. The molecule has 2 aromatic rings. The predicted molar refractivity (Wildman–Crippen MR) is 109 cm³/mol. The van der Waals surface area contributed by atoms with Crippen molar-refractivity contribution in [2.45, 2.75) is 5.75 Å². The Hall–Kier alpha value is -3.40. The van der Waals surface area contributed by atoms with Crippen LogP contribution >= 0.6 is 11.8 Å². The number of carbonyl (C=O) groups is 2. The van der Waals surface area contributed by atoms with Crippen molar-refractivity contribution in [2.24, 2.45) is 5.10 Å². The Balaban J connectivity index is 1.69. The Morgan fingerprint density at radius 3 is 2.48 bits per heavy atom. The number of hydrazone groups is 1. The average Bonchev–Trinajstić information content (AvgIpc) is 2.73. The number of benzene rings is 2. The van der Waals surface area contributed by atoms with Crippen molar-refractivity contribution >= 4 is 35.5 Å². The summed E-state index contributed by atoms with van der Waals surface area (Å²) in [6.07, 6.45) is 1.49. The van der Waals surface area contributed by atoms with Crippen LogP contribution in [0.15, 0.2) is 53.6 Å². The molecule has 1 amide bonds. The SMILES string of the molecule is COC(=O)COc1ccc(C=NNC(=O)CSCc2ccc([N+](=O)[O-])cc2)cc1. The van der Waals surface area contributed by atoms with Crippen molar-refractivity contribution < 1.29 is 24.0 Å². The molecule has 9 nitrogen and oxygen atoms in total. The summed E-state index contributed by atoms with van der Waals surface area (Å²) in [5, 5.41) is 14.5. The van der Waals surface area contributed by atoms with Gasteiger partial charge in [-0.25, -0.2) is 10.2 Å². The Labute approximate surface area is 171 Å². The van der Waals surface area contributed by atoms with Gasteiger partial charge >= 0.3 is 5.97 Å². The number of nitrogens with zero attached hydrogens (tertiary/aromatic N) is 2. The van der Waals surface area contributed by atoms with Crippen LogP contribution in [0.2, 0.25) is 0 Å². The van der Waals surface area contributed by atoms with E-state index in [4.69, 9.17) is 4.74 Å². The molecule has 2 rings (SSSR count). The number of non-ortho nitro benzene ring substituents is 1. The van der Waals surface area contributed by atoms with Gasteiger partial charge in [-0.05, 0) is 35.4 Å². The summed E-state index contributed by atoms with van der Waals surface area (Å²) in [5.74, 6) is 0.548. The normalized spacial score (nSPS) is 10.5. The van der Waals surface area contributed by atoms with E-state index in [1.165, 1.54) is 37.2 Å². The third-order valence-electron chi connectivity index (χ3n) is 3.52. The number of carbonyl (C=O) groups excluding carboxylic acids is 2. The highest BCUT2D eigenvalue weighted by Gasteiger charge is 2.05. The van der Waals surface area contributed by atoms with E-state index in [-0.39, 0.29) is 24.0 Å². The molecule has 0 saturated heterocycles. The van der Waals surface area contributed by atoms with Crippen molar-refractivity contribution in [1.29, 1.82) is 0 Å². The van der Waals surface area contributed by atoms with Crippen LogP contribution in [0.25, 0.3) is 0 Å². The first-order valence-electron chi connectivity index (χ1n) is 8.40. The first kappa shape index (κ1) is 21.9. The van der Waals surface area contributed by atoms with Crippen molar-refractivity contribution in [3.63, 3.8) is 0 Å². The Kier molecular flexibility index (Phi) is 8.64. The number of methoxy groups -OCH3 is 1. The Bertz CT molecular complexity index is 869. The summed E-state index contributed by atoms with van der Waals surface area (Å²) in [6, 6.07) is 13.0. The van der Waals surface area contributed by atoms with Crippen molar-refractivity contribution in [2.75, 3.05) is 19.5 Å². The summed E-state index contributed by atoms with van der Waals surface area (Å²) < 4.78 is 9.72. The molecule has 0 heterocycles. The van der Waals surface area contributed by atoms with Gasteiger partial charge in [0.1, 0.15) is 5.75 Å². The summed E-state index contributed by atoms with van der Waals surface area (Å²) in [4.78, 5) is 33.0. The number of hydrogen-bond donors (Lipinski definition) is 1. The maximum absolute atomic E-state index is 11.8. The number of esters is 1. The van der Waals surface area contributed by atoms with Gasteiger partial charge in [0, 0.05) is 17.9 Å². The number of nitrogens with one attached hydrogen (secondary N) is 1. The van der Waals surface area contributed by atoms with Gasteiger partial charge in [0.2, 0.25) is 5.91 Å². The molecule has 0 aliphatic carbocycles. The maximum atomic E-state index is 11.8. The molecule has 0 unspecified atom stereocenters. The van der Waals surface area contributed by atoms with Crippen LogP contribution in [0.3, 0.4) is 0 Å². The molecule has 10 heteroatoms. The van der Waals surface area contributed by atoms with Crippen LogP contribution in [-0.4, -0.2) is 42.5 Å². The molecule has 0 bridgehead atoms. The third-order valence-corrected chi connectivity index (χ3v) is 4.52. The number of hydrogen-bond acceptors (Lipinski definition) is 8. The smallest absolute Gasteiger partial charge is 0.343 e. The van der Waals surface area contributed by atoms with Crippen LogP contribution in [0.4, 0.5) is 5.69 Å². The maximum Gasteiger partial charge on any atom is 0.343 e. The van der Waals surface area contributed by atoms with Gasteiger partial charge in [0.25, 0.3) is 5.69 Å². The zero-order valence-corrected chi connectivity index (χ0v) is 16.4. The fourth-order valence-electron chi connectivity index (χ4n) is 2.04. The van der Waals surface area contributed by atoms with Gasteiger partial charge < -0.3 is 9.47 Å². The Morgan fingerprint density at radius 1 is 1.17 bits per heavy atom. The fourth-order valence-corrected chi connectivity index (χ4v) is 2.82. The summed E-state index contributed by atoms with van der Waals surface area (Å²) in [6.45, 7) is -0.169. The molecular formula is C19H19N3O6S. The Morgan fingerprint density at radius 2 is 1.86 bits per heavy atom.